The van der Waals surface area contributed by atoms with Crippen molar-refractivity contribution in [3.63, 3.8) is 0 Å². The Hall–Kier alpha value is -0.0800. The van der Waals surface area contributed by atoms with Crippen molar-refractivity contribution in [2.45, 2.75) is 104 Å². The van der Waals surface area contributed by atoms with Crippen LogP contribution in [0.1, 0.15) is 92.4 Å². The number of fused-ring (bicyclic) bond motifs is 2. The number of hydrogen-bond acceptors (Lipinski definition) is 2. The van der Waals surface area contributed by atoms with E-state index in [-0.39, 0.29) is 0 Å². The predicted molar refractivity (Wildman–Crippen MR) is 128 cm³/mol. The van der Waals surface area contributed by atoms with Crippen LogP contribution in [0.5, 0.6) is 0 Å². The molecule has 2 nitrogen and oxygen atoms in total. The van der Waals surface area contributed by atoms with Crippen LogP contribution in [0.2, 0.25) is 0 Å². The normalized spacial score (nSPS) is 54.9. The van der Waals surface area contributed by atoms with Gasteiger partial charge in [0.2, 0.25) is 0 Å². The van der Waals surface area contributed by atoms with Crippen LogP contribution >= 0.6 is 0 Å². The first-order chi connectivity index (χ1) is 13.9. The molecular weight excluding hydrogens is 364 g/mol. The monoisotopic (exact) mass is 414 g/mol. The molecule has 30 heavy (non-hydrogen) atoms. The third-order valence-corrected chi connectivity index (χ3v) is 13.2. The van der Waals surface area contributed by atoms with E-state index in [1.807, 2.05) is 0 Å². The molecule has 0 aliphatic heterocycles. The predicted octanol–water partition coefficient (Wildman–Crippen LogP) is 6.31. The summed E-state index contributed by atoms with van der Waals surface area (Å²) in [6.07, 6.45) is 13.5. The van der Waals surface area contributed by atoms with Crippen molar-refractivity contribution in [1.29, 1.82) is 0 Å². The van der Waals surface area contributed by atoms with E-state index in [0.29, 0.717) is 33.1 Å². The van der Waals surface area contributed by atoms with Crippen LogP contribution in [0.15, 0.2) is 0 Å². The van der Waals surface area contributed by atoms with Crippen LogP contribution in [0.3, 0.4) is 0 Å². The lowest BCUT2D eigenvalue weighted by atomic mass is 9.41. The molecule has 0 heterocycles. The molecule has 0 aromatic rings. The van der Waals surface area contributed by atoms with Gasteiger partial charge in [-0.2, -0.15) is 0 Å². The van der Waals surface area contributed by atoms with Crippen LogP contribution in [0.25, 0.3) is 0 Å². The Kier molecular flexibility index (Phi) is 4.55. The maximum Gasteiger partial charge on any atom is 0.0143 e. The van der Waals surface area contributed by atoms with Gasteiger partial charge in [-0.25, -0.2) is 0 Å². The lowest BCUT2D eigenvalue weighted by Crippen LogP contribution is -2.59. The second-order valence-electron chi connectivity index (χ2n) is 14.2. The highest BCUT2D eigenvalue weighted by molar-refractivity contribution is 5.31. The highest BCUT2D eigenvalue weighted by Crippen LogP contribution is 2.89. The highest BCUT2D eigenvalue weighted by atomic mass is 15.1. The van der Waals surface area contributed by atoms with Crippen LogP contribution in [-0.2, 0) is 0 Å². The Morgan fingerprint density at radius 1 is 0.700 bits per heavy atom. The van der Waals surface area contributed by atoms with Gasteiger partial charge in [-0.05, 0) is 138 Å². The van der Waals surface area contributed by atoms with Crippen molar-refractivity contribution in [3.8, 4) is 0 Å². The third kappa shape index (κ3) is 2.29. The topological polar surface area (TPSA) is 6.48 Å². The third-order valence-electron chi connectivity index (χ3n) is 13.2. The molecule has 0 saturated heterocycles. The van der Waals surface area contributed by atoms with Gasteiger partial charge in [0, 0.05) is 12.1 Å². The molecule has 5 aliphatic carbocycles. The first kappa shape index (κ1) is 21.7. The smallest absolute Gasteiger partial charge is 0.0143 e. The minimum Gasteiger partial charge on any atom is -0.306 e. The van der Waals surface area contributed by atoms with E-state index in [4.69, 9.17) is 0 Å². The summed E-state index contributed by atoms with van der Waals surface area (Å²) < 4.78 is 0. The van der Waals surface area contributed by atoms with Crippen LogP contribution in [0, 0.1) is 44.8 Å². The fourth-order valence-electron chi connectivity index (χ4n) is 11.4. The van der Waals surface area contributed by atoms with E-state index in [0.717, 1.165) is 23.8 Å². The Morgan fingerprint density at radius 3 is 1.97 bits per heavy atom. The van der Waals surface area contributed by atoms with Gasteiger partial charge in [-0.15, -0.1) is 0 Å². The number of nitrogens with zero attached hydrogens (tertiary/aromatic N) is 2. The van der Waals surface area contributed by atoms with Crippen LogP contribution in [0.4, 0.5) is 0 Å². The highest BCUT2D eigenvalue weighted by Gasteiger charge is 2.82. The molecule has 0 aromatic heterocycles. The minimum absolute atomic E-state index is 0.468. The summed E-state index contributed by atoms with van der Waals surface area (Å²) in [6.45, 7) is 13.3. The zero-order valence-electron chi connectivity index (χ0n) is 21.6. The summed E-state index contributed by atoms with van der Waals surface area (Å²) in [5, 5.41) is 0. The van der Waals surface area contributed by atoms with Gasteiger partial charge in [0.15, 0.2) is 0 Å². The molecule has 5 aliphatic rings. The maximum absolute atomic E-state index is 2.77. The average Bonchev–Trinajstić information content (AvgIpc) is 3.23. The zero-order valence-corrected chi connectivity index (χ0v) is 21.6. The molecule has 0 aromatic carbocycles. The number of hydrogen-bond donors (Lipinski definition) is 0. The second-order valence-corrected chi connectivity index (χ2v) is 14.2. The Labute approximate surface area is 187 Å². The fraction of sp³-hybridized carbons (Fsp3) is 1.00. The maximum atomic E-state index is 2.77. The minimum atomic E-state index is 0.468. The molecule has 172 valence electrons. The van der Waals surface area contributed by atoms with Crippen molar-refractivity contribution >= 4 is 0 Å². The molecular formula is C28H50N2. The van der Waals surface area contributed by atoms with Crippen LogP contribution < -0.4 is 0 Å². The summed E-state index contributed by atoms with van der Waals surface area (Å²) in [6, 6.07) is 1.48. The standard InChI is InChI=1S/C28H50N2/c1-19(29(6)7)20-12-14-26(5)22-11-10-21-24(2,3)23(30(8)9)13-15-27(21)18-28(22,27)17-16-25(20,26)4/h19-23H,10-18H2,1-9H3/t19-,20-,21-,22-,23+,25-,26+,27-,28+/m1/s1. The molecule has 9 atom stereocenters. The van der Waals surface area contributed by atoms with Crippen LogP contribution in [-0.4, -0.2) is 50.1 Å². The largest absolute Gasteiger partial charge is 0.306 e. The second kappa shape index (κ2) is 6.28. The van der Waals surface area contributed by atoms with Gasteiger partial charge in [0.05, 0.1) is 0 Å². The Morgan fingerprint density at radius 2 is 1.33 bits per heavy atom. The van der Waals surface area contributed by atoms with E-state index in [2.05, 4.69) is 72.6 Å². The van der Waals surface area contributed by atoms with Crippen molar-refractivity contribution in [2.24, 2.45) is 44.8 Å². The fourth-order valence-corrected chi connectivity index (χ4v) is 11.4. The Balaban J connectivity index is 1.48. The molecule has 5 fully saturated rings. The summed E-state index contributed by atoms with van der Waals surface area (Å²) >= 11 is 0. The van der Waals surface area contributed by atoms with Gasteiger partial charge in [-0.1, -0.05) is 27.7 Å². The van der Waals surface area contributed by atoms with Gasteiger partial charge in [-0.3, -0.25) is 0 Å². The molecule has 2 heteroatoms. The molecule has 5 rings (SSSR count). The Bertz CT molecular complexity index is 711. The quantitative estimate of drug-likeness (QED) is 0.534. The van der Waals surface area contributed by atoms with E-state index in [1.54, 1.807) is 12.8 Å². The van der Waals surface area contributed by atoms with Gasteiger partial charge in [0.1, 0.15) is 0 Å². The van der Waals surface area contributed by atoms with E-state index < -0.39 is 0 Å². The van der Waals surface area contributed by atoms with E-state index in [9.17, 15) is 0 Å². The molecule has 2 spiro atoms. The summed E-state index contributed by atoms with van der Waals surface area (Å²) in [7, 11) is 9.27. The van der Waals surface area contributed by atoms with Gasteiger partial charge < -0.3 is 9.80 Å². The molecule has 0 bridgehead atoms. The van der Waals surface area contributed by atoms with Gasteiger partial charge >= 0.3 is 0 Å². The summed E-state index contributed by atoms with van der Waals surface area (Å²) in [5.41, 5.74) is 2.97. The van der Waals surface area contributed by atoms with Gasteiger partial charge in [0.25, 0.3) is 0 Å². The lowest BCUT2D eigenvalue weighted by molar-refractivity contribution is -0.152. The molecule has 0 unspecified atom stereocenters. The molecule has 0 radical (unpaired) electrons. The van der Waals surface area contributed by atoms with E-state index in [1.165, 1.54) is 44.9 Å². The zero-order chi connectivity index (χ0) is 21.9. The van der Waals surface area contributed by atoms with Crippen molar-refractivity contribution in [3.05, 3.63) is 0 Å². The number of rotatable bonds is 3. The lowest BCUT2D eigenvalue weighted by Gasteiger charge is -2.64. The first-order valence-electron chi connectivity index (χ1n) is 13.2. The summed E-state index contributed by atoms with van der Waals surface area (Å²) in [4.78, 5) is 5.06. The molecule has 0 amide bonds. The average molecular weight is 415 g/mol. The SMILES string of the molecule is C[C@H]([C@H]1CC[C@@]2(C)[C@H]3CC[C@@H]4C(C)(C)[C@@H](N(C)C)CC[C@@]45C[C@@]35CC[C@]12C)N(C)C. The summed E-state index contributed by atoms with van der Waals surface area (Å²) in [5.74, 6) is 2.82. The molecule has 5 saturated carbocycles. The molecule has 0 N–H and O–H groups in total. The van der Waals surface area contributed by atoms with Crippen molar-refractivity contribution in [1.82, 2.24) is 9.80 Å². The first-order valence-corrected chi connectivity index (χ1v) is 13.2. The van der Waals surface area contributed by atoms with Crippen molar-refractivity contribution < 1.29 is 0 Å². The van der Waals surface area contributed by atoms with Crippen molar-refractivity contribution in [2.75, 3.05) is 28.2 Å². The van der Waals surface area contributed by atoms with E-state index >= 15 is 0 Å².